The summed E-state index contributed by atoms with van der Waals surface area (Å²) in [7, 11) is 0. The number of carbonyl (C=O) groups excluding carboxylic acids is 2. The largest absolute Gasteiger partial charge is 0.350 e. The number of benzene rings is 2. The van der Waals surface area contributed by atoms with Gasteiger partial charge in [0.25, 0.3) is 0 Å². The van der Waals surface area contributed by atoms with Crippen molar-refractivity contribution < 1.29 is 18.4 Å². The average Bonchev–Trinajstić information content (AvgIpc) is 2.63. The Morgan fingerprint density at radius 1 is 0.931 bits per heavy atom. The molecular weight excluding hydrogens is 374 g/mol. The fraction of sp³-hybridized carbons (Fsp3) is 0.391. The van der Waals surface area contributed by atoms with Crippen LogP contribution in [0.15, 0.2) is 48.5 Å². The normalized spacial score (nSPS) is 12.3. The highest BCUT2D eigenvalue weighted by Crippen LogP contribution is 2.16. The second kappa shape index (κ2) is 9.63. The Hall–Kier alpha value is -2.76. The Morgan fingerprint density at radius 2 is 1.41 bits per heavy atom. The van der Waals surface area contributed by atoms with E-state index in [2.05, 4.69) is 5.32 Å². The minimum Gasteiger partial charge on any atom is -0.350 e. The summed E-state index contributed by atoms with van der Waals surface area (Å²) in [6.07, 6.45) is 0.471. The monoisotopic (exact) mass is 402 g/mol. The maximum Gasteiger partial charge on any atom is 0.243 e. The van der Waals surface area contributed by atoms with E-state index in [0.29, 0.717) is 12.0 Å². The molecular formula is C23H28F2N2O2. The zero-order chi connectivity index (χ0) is 21.6. The molecule has 0 heterocycles. The van der Waals surface area contributed by atoms with Gasteiger partial charge in [0.15, 0.2) is 0 Å². The first-order valence-corrected chi connectivity index (χ1v) is 9.69. The van der Waals surface area contributed by atoms with E-state index in [4.69, 9.17) is 0 Å². The molecule has 29 heavy (non-hydrogen) atoms. The second-order valence-electron chi connectivity index (χ2n) is 8.11. The third kappa shape index (κ3) is 6.97. The Labute approximate surface area is 170 Å². The van der Waals surface area contributed by atoms with Gasteiger partial charge in [0, 0.05) is 12.1 Å². The Bertz CT molecular complexity index is 827. The van der Waals surface area contributed by atoms with Gasteiger partial charge < -0.3 is 10.2 Å². The molecule has 0 aliphatic rings. The molecule has 2 aromatic carbocycles. The molecule has 1 atom stereocenters. The molecule has 2 rings (SSSR count). The minimum absolute atomic E-state index is 0.0424. The molecule has 0 fully saturated rings. The summed E-state index contributed by atoms with van der Waals surface area (Å²) >= 11 is 0. The van der Waals surface area contributed by atoms with Crippen molar-refractivity contribution in [3.63, 3.8) is 0 Å². The second-order valence-corrected chi connectivity index (χ2v) is 8.11. The van der Waals surface area contributed by atoms with Crippen molar-refractivity contribution in [2.24, 2.45) is 0 Å². The standard InChI is InChI=1S/C23H28F2N2O2/c1-5-20(22(29)26-23(2,3)4)27(15-17-8-12-19(25)13-9-17)21(28)14-16-6-10-18(24)11-7-16/h6-13,20H,5,14-15H2,1-4H3,(H,26,29)/t20-/m1/s1. The van der Waals surface area contributed by atoms with E-state index < -0.39 is 11.6 Å². The molecule has 0 aliphatic heterocycles. The molecule has 2 aromatic rings. The van der Waals surface area contributed by atoms with Gasteiger partial charge in [0.1, 0.15) is 17.7 Å². The molecule has 0 saturated carbocycles. The van der Waals surface area contributed by atoms with Crippen LogP contribution in [0.1, 0.15) is 45.2 Å². The molecule has 0 aliphatic carbocycles. The topological polar surface area (TPSA) is 49.4 Å². The van der Waals surface area contributed by atoms with Crippen molar-refractivity contribution in [2.75, 3.05) is 0 Å². The summed E-state index contributed by atoms with van der Waals surface area (Å²) in [5.74, 6) is -1.23. The number of carbonyl (C=O) groups is 2. The van der Waals surface area contributed by atoms with Crippen LogP contribution in [0.4, 0.5) is 8.78 Å². The van der Waals surface area contributed by atoms with Crippen LogP contribution in [0.3, 0.4) is 0 Å². The molecule has 0 spiro atoms. The van der Waals surface area contributed by atoms with Gasteiger partial charge in [0.05, 0.1) is 6.42 Å². The van der Waals surface area contributed by atoms with E-state index in [9.17, 15) is 18.4 Å². The van der Waals surface area contributed by atoms with Crippen molar-refractivity contribution in [3.8, 4) is 0 Å². The lowest BCUT2D eigenvalue weighted by Gasteiger charge is -2.33. The van der Waals surface area contributed by atoms with Crippen LogP contribution in [0.2, 0.25) is 0 Å². The predicted octanol–water partition coefficient (Wildman–Crippen LogP) is 4.23. The summed E-state index contributed by atoms with van der Waals surface area (Å²) in [6, 6.07) is 10.9. The van der Waals surface area contributed by atoms with Gasteiger partial charge in [-0.15, -0.1) is 0 Å². The average molecular weight is 402 g/mol. The van der Waals surface area contributed by atoms with Gasteiger partial charge in [0.2, 0.25) is 11.8 Å². The first kappa shape index (κ1) is 22.5. The molecule has 0 radical (unpaired) electrons. The third-order valence-corrected chi connectivity index (χ3v) is 4.42. The van der Waals surface area contributed by atoms with Crippen LogP contribution in [0.25, 0.3) is 0 Å². The number of rotatable bonds is 7. The first-order chi connectivity index (χ1) is 13.6. The molecule has 0 bridgehead atoms. The maximum atomic E-state index is 13.3. The summed E-state index contributed by atoms with van der Waals surface area (Å²) in [5.41, 5.74) is 0.943. The fourth-order valence-electron chi connectivity index (χ4n) is 3.04. The zero-order valence-corrected chi connectivity index (χ0v) is 17.3. The highest BCUT2D eigenvalue weighted by atomic mass is 19.1. The van der Waals surface area contributed by atoms with Crippen LogP contribution in [0, 0.1) is 11.6 Å². The molecule has 0 saturated heterocycles. The highest BCUT2D eigenvalue weighted by Gasteiger charge is 2.30. The molecule has 0 aromatic heterocycles. The van der Waals surface area contributed by atoms with E-state index in [1.807, 2.05) is 27.7 Å². The van der Waals surface area contributed by atoms with Gasteiger partial charge in [-0.2, -0.15) is 0 Å². The zero-order valence-electron chi connectivity index (χ0n) is 17.3. The lowest BCUT2D eigenvalue weighted by Crippen LogP contribution is -2.53. The SMILES string of the molecule is CC[C@H](C(=O)NC(C)(C)C)N(Cc1ccc(F)cc1)C(=O)Cc1ccc(F)cc1. The van der Waals surface area contributed by atoms with Crippen molar-refractivity contribution in [1.82, 2.24) is 10.2 Å². The van der Waals surface area contributed by atoms with Crippen molar-refractivity contribution in [1.29, 1.82) is 0 Å². The van der Waals surface area contributed by atoms with Gasteiger partial charge in [-0.25, -0.2) is 8.78 Å². The quantitative estimate of drug-likeness (QED) is 0.754. The molecule has 4 nitrogen and oxygen atoms in total. The number of nitrogens with zero attached hydrogens (tertiary/aromatic N) is 1. The molecule has 2 amide bonds. The van der Waals surface area contributed by atoms with Crippen LogP contribution in [-0.4, -0.2) is 28.3 Å². The number of hydrogen-bond donors (Lipinski definition) is 1. The number of halogens is 2. The lowest BCUT2D eigenvalue weighted by molar-refractivity contribution is -0.141. The summed E-state index contributed by atoms with van der Waals surface area (Å²) in [6.45, 7) is 7.65. The van der Waals surface area contributed by atoms with Gasteiger partial charge in [-0.1, -0.05) is 31.2 Å². The summed E-state index contributed by atoms with van der Waals surface area (Å²) in [4.78, 5) is 27.5. The number of nitrogens with one attached hydrogen (secondary N) is 1. The minimum atomic E-state index is -0.674. The van der Waals surface area contributed by atoms with Crippen molar-refractivity contribution in [2.45, 2.75) is 58.7 Å². The lowest BCUT2D eigenvalue weighted by atomic mass is 10.0. The van der Waals surface area contributed by atoms with Crippen LogP contribution >= 0.6 is 0 Å². The van der Waals surface area contributed by atoms with Crippen LogP contribution in [-0.2, 0) is 22.6 Å². The van der Waals surface area contributed by atoms with Gasteiger partial charge in [-0.05, 0) is 62.6 Å². The predicted molar refractivity (Wildman–Crippen MR) is 109 cm³/mol. The number of amides is 2. The third-order valence-electron chi connectivity index (χ3n) is 4.42. The Kier molecular flexibility index (Phi) is 7.48. The molecule has 1 N–H and O–H groups in total. The van der Waals surface area contributed by atoms with Crippen LogP contribution in [0.5, 0.6) is 0 Å². The Balaban J connectivity index is 2.29. The van der Waals surface area contributed by atoms with Gasteiger partial charge >= 0.3 is 0 Å². The summed E-state index contributed by atoms with van der Waals surface area (Å²) in [5, 5.41) is 2.93. The fourth-order valence-corrected chi connectivity index (χ4v) is 3.04. The first-order valence-electron chi connectivity index (χ1n) is 9.69. The molecule has 0 unspecified atom stereocenters. The van der Waals surface area contributed by atoms with Crippen LogP contribution < -0.4 is 5.32 Å². The molecule has 6 heteroatoms. The highest BCUT2D eigenvalue weighted by molar-refractivity contribution is 5.88. The molecule has 156 valence electrons. The van der Waals surface area contributed by atoms with E-state index in [-0.39, 0.29) is 36.4 Å². The van der Waals surface area contributed by atoms with Crippen molar-refractivity contribution >= 4 is 11.8 Å². The van der Waals surface area contributed by atoms with E-state index in [1.54, 1.807) is 24.3 Å². The van der Waals surface area contributed by atoms with E-state index in [0.717, 1.165) is 5.56 Å². The maximum absolute atomic E-state index is 13.3. The summed E-state index contributed by atoms with van der Waals surface area (Å²) < 4.78 is 26.4. The smallest absolute Gasteiger partial charge is 0.243 e. The van der Waals surface area contributed by atoms with Gasteiger partial charge in [-0.3, -0.25) is 9.59 Å². The van der Waals surface area contributed by atoms with E-state index >= 15 is 0 Å². The number of hydrogen-bond acceptors (Lipinski definition) is 2. The van der Waals surface area contributed by atoms with Crippen molar-refractivity contribution in [3.05, 3.63) is 71.3 Å². The van der Waals surface area contributed by atoms with E-state index in [1.165, 1.54) is 29.2 Å². The Morgan fingerprint density at radius 3 is 1.86 bits per heavy atom.